The molecule has 18 heavy (non-hydrogen) atoms. The maximum absolute atomic E-state index is 12.1. The number of hydrogen-bond acceptors (Lipinski definition) is 3. The van der Waals surface area contributed by atoms with Gasteiger partial charge in [-0.05, 0) is 32.1 Å². The van der Waals surface area contributed by atoms with Gasteiger partial charge in [0.25, 0.3) is 0 Å². The van der Waals surface area contributed by atoms with E-state index in [1.165, 1.54) is 12.8 Å². The molecule has 2 aliphatic heterocycles. The van der Waals surface area contributed by atoms with Crippen LogP contribution in [-0.4, -0.2) is 49.2 Å². The molecule has 1 atom stereocenters. The second kappa shape index (κ2) is 6.02. The molecule has 0 bridgehead atoms. The first-order chi connectivity index (χ1) is 8.63. The highest BCUT2D eigenvalue weighted by atomic mass is 16.5. The largest absolute Gasteiger partial charge is 0.363 e. The van der Waals surface area contributed by atoms with E-state index in [4.69, 9.17) is 4.74 Å². The van der Waals surface area contributed by atoms with E-state index < -0.39 is 0 Å². The summed E-state index contributed by atoms with van der Waals surface area (Å²) in [6.45, 7) is 8.09. The monoisotopic (exact) mass is 254 g/mol. The maximum Gasteiger partial charge on any atom is 0.248 e. The number of rotatable bonds is 4. The summed E-state index contributed by atoms with van der Waals surface area (Å²) < 4.78 is 5.72. The number of hydrogen-bond donors (Lipinski definition) is 1. The van der Waals surface area contributed by atoms with Crippen LogP contribution in [0.1, 0.15) is 39.5 Å². The SMILES string of the molecule is CCC1CCCN(C(=O)COC2(C)CNC2)CC1. The van der Waals surface area contributed by atoms with E-state index in [9.17, 15) is 4.79 Å². The van der Waals surface area contributed by atoms with Crippen LogP contribution in [0.4, 0.5) is 0 Å². The lowest BCUT2D eigenvalue weighted by atomic mass is 9.98. The first kappa shape index (κ1) is 13.8. The van der Waals surface area contributed by atoms with Crippen LogP contribution in [0.5, 0.6) is 0 Å². The maximum atomic E-state index is 12.1. The van der Waals surface area contributed by atoms with Crippen LogP contribution in [0.15, 0.2) is 0 Å². The Labute approximate surface area is 110 Å². The average molecular weight is 254 g/mol. The normalized spacial score (nSPS) is 27.4. The molecule has 104 valence electrons. The van der Waals surface area contributed by atoms with E-state index in [-0.39, 0.29) is 18.1 Å². The van der Waals surface area contributed by atoms with Crippen molar-refractivity contribution in [2.75, 3.05) is 32.8 Å². The van der Waals surface area contributed by atoms with Crippen molar-refractivity contribution in [2.24, 2.45) is 5.92 Å². The lowest BCUT2D eigenvalue weighted by molar-refractivity contribution is -0.145. The van der Waals surface area contributed by atoms with Crippen LogP contribution in [-0.2, 0) is 9.53 Å². The third-order valence-corrected chi connectivity index (χ3v) is 4.32. The molecule has 0 aromatic carbocycles. The minimum absolute atomic E-state index is 0.118. The fraction of sp³-hybridized carbons (Fsp3) is 0.929. The van der Waals surface area contributed by atoms with Crippen molar-refractivity contribution in [3.05, 3.63) is 0 Å². The Morgan fingerprint density at radius 3 is 2.78 bits per heavy atom. The van der Waals surface area contributed by atoms with Crippen LogP contribution >= 0.6 is 0 Å². The number of amides is 1. The van der Waals surface area contributed by atoms with Gasteiger partial charge < -0.3 is 15.0 Å². The van der Waals surface area contributed by atoms with Gasteiger partial charge in [-0.1, -0.05) is 13.3 Å². The molecule has 0 radical (unpaired) electrons. The molecule has 0 aromatic rings. The van der Waals surface area contributed by atoms with Gasteiger partial charge in [-0.25, -0.2) is 0 Å². The fourth-order valence-corrected chi connectivity index (χ4v) is 2.73. The summed E-state index contributed by atoms with van der Waals surface area (Å²) in [5.41, 5.74) is -0.118. The van der Waals surface area contributed by atoms with Crippen LogP contribution < -0.4 is 5.32 Å². The number of carbonyl (C=O) groups excluding carboxylic acids is 1. The van der Waals surface area contributed by atoms with Crippen LogP contribution in [0.2, 0.25) is 0 Å². The van der Waals surface area contributed by atoms with E-state index in [0.29, 0.717) is 0 Å². The van der Waals surface area contributed by atoms with Crippen molar-refractivity contribution in [1.82, 2.24) is 10.2 Å². The Hall–Kier alpha value is -0.610. The predicted octanol–water partition coefficient (Wildman–Crippen LogP) is 1.40. The van der Waals surface area contributed by atoms with Crippen LogP contribution in [0.25, 0.3) is 0 Å². The van der Waals surface area contributed by atoms with Gasteiger partial charge in [-0.3, -0.25) is 4.79 Å². The summed E-state index contributed by atoms with van der Waals surface area (Å²) in [5, 5.41) is 3.18. The zero-order valence-corrected chi connectivity index (χ0v) is 11.7. The highest BCUT2D eigenvalue weighted by Crippen LogP contribution is 2.21. The summed E-state index contributed by atoms with van der Waals surface area (Å²) in [6, 6.07) is 0. The highest BCUT2D eigenvalue weighted by Gasteiger charge is 2.33. The molecular formula is C14H26N2O2. The number of nitrogens with zero attached hydrogens (tertiary/aromatic N) is 1. The van der Waals surface area contributed by atoms with Crippen molar-refractivity contribution in [3.63, 3.8) is 0 Å². The van der Waals surface area contributed by atoms with Gasteiger partial charge in [-0.2, -0.15) is 0 Å². The summed E-state index contributed by atoms with van der Waals surface area (Å²) in [7, 11) is 0. The zero-order chi connectivity index (χ0) is 13.0. The minimum atomic E-state index is -0.118. The molecule has 0 aromatic heterocycles. The lowest BCUT2D eigenvalue weighted by Gasteiger charge is -2.39. The molecule has 2 saturated heterocycles. The molecule has 1 N–H and O–H groups in total. The van der Waals surface area contributed by atoms with Crippen molar-refractivity contribution >= 4 is 5.91 Å². The summed E-state index contributed by atoms with van der Waals surface area (Å²) in [4.78, 5) is 14.1. The Kier molecular flexibility index (Phi) is 4.62. The third kappa shape index (κ3) is 3.45. The number of nitrogens with one attached hydrogen (secondary N) is 1. The van der Waals surface area contributed by atoms with Crippen LogP contribution in [0.3, 0.4) is 0 Å². The van der Waals surface area contributed by atoms with E-state index in [0.717, 1.165) is 44.9 Å². The number of carbonyl (C=O) groups is 1. The Morgan fingerprint density at radius 2 is 2.17 bits per heavy atom. The van der Waals surface area contributed by atoms with Gasteiger partial charge in [-0.15, -0.1) is 0 Å². The quantitative estimate of drug-likeness (QED) is 0.824. The molecular weight excluding hydrogens is 228 g/mol. The van der Waals surface area contributed by atoms with Gasteiger partial charge >= 0.3 is 0 Å². The number of likely N-dealkylation sites (tertiary alicyclic amines) is 1. The molecule has 1 unspecified atom stereocenters. The van der Waals surface area contributed by atoms with Crippen molar-refractivity contribution < 1.29 is 9.53 Å². The molecule has 2 aliphatic rings. The van der Waals surface area contributed by atoms with Gasteiger partial charge in [0, 0.05) is 26.2 Å². The molecule has 1 amide bonds. The average Bonchev–Trinajstić information content (AvgIpc) is 2.58. The summed E-state index contributed by atoms with van der Waals surface area (Å²) in [6.07, 6.45) is 4.80. The highest BCUT2D eigenvalue weighted by molar-refractivity contribution is 5.77. The van der Waals surface area contributed by atoms with E-state index >= 15 is 0 Å². The van der Waals surface area contributed by atoms with Crippen molar-refractivity contribution in [1.29, 1.82) is 0 Å². The molecule has 0 spiro atoms. The minimum Gasteiger partial charge on any atom is -0.363 e. The van der Waals surface area contributed by atoms with Gasteiger partial charge in [0.15, 0.2) is 0 Å². The first-order valence-electron chi connectivity index (χ1n) is 7.25. The second-order valence-electron chi connectivity index (χ2n) is 5.93. The Balaban J connectivity index is 1.74. The molecule has 2 rings (SSSR count). The third-order valence-electron chi connectivity index (χ3n) is 4.32. The van der Waals surface area contributed by atoms with E-state index in [2.05, 4.69) is 19.2 Å². The predicted molar refractivity (Wildman–Crippen MR) is 71.4 cm³/mol. The standard InChI is InChI=1S/C14H26N2O2/c1-3-12-5-4-7-16(8-6-12)13(17)9-18-14(2)10-15-11-14/h12,15H,3-11H2,1-2H3. The van der Waals surface area contributed by atoms with E-state index in [1.54, 1.807) is 0 Å². The Bertz CT molecular complexity index is 290. The molecule has 2 fully saturated rings. The topological polar surface area (TPSA) is 41.6 Å². The van der Waals surface area contributed by atoms with Gasteiger partial charge in [0.2, 0.25) is 5.91 Å². The number of ether oxygens (including phenoxy) is 1. The molecule has 2 heterocycles. The molecule has 4 heteroatoms. The molecule has 0 aliphatic carbocycles. The smallest absolute Gasteiger partial charge is 0.248 e. The first-order valence-corrected chi connectivity index (χ1v) is 7.25. The zero-order valence-electron chi connectivity index (χ0n) is 11.7. The summed E-state index contributed by atoms with van der Waals surface area (Å²) >= 11 is 0. The molecule has 4 nitrogen and oxygen atoms in total. The van der Waals surface area contributed by atoms with E-state index in [1.807, 2.05) is 4.90 Å². The fourth-order valence-electron chi connectivity index (χ4n) is 2.73. The van der Waals surface area contributed by atoms with Crippen molar-refractivity contribution in [2.45, 2.75) is 45.1 Å². The van der Waals surface area contributed by atoms with Crippen LogP contribution in [0, 0.1) is 5.92 Å². The van der Waals surface area contributed by atoms with Gasteiger partial charge in [0.05, 0.1) is 5.60 Å². The molecule has 0 saturated carbocycles. The Morgan fingerprint density at radius 1 is 1.39 bits per heavy atom. The summed E-state index contributed by atoms with van der Waals surface area (Å²) in [5.74, 6) is 0.969. The second-order valence-corrected chi connectivity index (χ2v) is 5.93. The van der Waals surface area contributed by atoms with Crippen molar-refractivity contribution in [3.8, 4) is 0 Å². The lowest BCUT2D eigenvalue weighted by Crippen LogP contribution is -2.59. The van der Waals surface area contributed by atoms with Gasteiger partial charge in [0.1, 0.15) is 6.61 Å².